The van der Waals surface area contributed by atoms with Crippen LogP contribution in [0, 0.1) is 17.6 Å². The second-order valence-corrected chi connectivity index (χ2v) is 8.25. The van der Waals surface area contributed by atoms with Crippen LogP contribution < -0.4 is 0 Å². The van der Waals surface area contributed by atoms with E-state index in [1.807, 2.05) is 12.3 Å². The van der Waals surface area contributed by atoms with Crippen LogP contribution in [0.1, 0.15) is 55.8 Å². The second-order valence-electron chi connectivity index (χ2n) is 8.25. The zero-order chi connectivity index (χ0) is 20.0. The van der Waals surface area contributed by atoms with E-state index in [2.05, 4.69) is 21.9 Å². The van der Waals surface area contributed by atoms with Gasteiger partial charge in [-0.25, -0.2) is 13.8 Å². The van der Waals surface area contributed by atoms with Gasteiger partial charge in [-0.15, -0.1) is 0 Å². The first kappa shape index (κ1) is 18.2. The number of imidazole rings is 1. The SMILES string of the molecule is C[C@H](c1nc2ccc(F)cc2[nH]1)[C@H]1CC[C@@H](c2ccnc3ccc(F)cc32)CC1. The number of halogens is 2. The summed E-state index contributed by atoms with van der Waals surface area (Å²) < 4.78 is 27.3. The molecule has 2 aromatic heterocycles. The number of aromatic nitrogens is 3. The molecule has 2 heterocycles. The van der Waals surface area contributed by atoms with Crippen LogP contribution in [0.15, 0.2) is 48.7 Å². The molecule has 1 aliphatic rings. The van der Waals surface area contributed by atoms with Gasteiger partial charge < -0.3 is 4.98 Å². The van der Waals surface area contributed by atoms with Crippen LogP contribution in [0.25, 0.3) is 21.9 Å². The van der Waals surface area contributed by atoms with Crippen molar-refractivity contribution >= 4 is 21.9 Å². The molecule has 4 aromatic rings. The van der Waals surface area contributed by atoms with Gasteiger partial charge in [0, 0.05) is 17.5 Å². The van der Waals surface area contributed by atoms with Gasteiger partial charge >= 0.3 is 0 Å². The van der Waals surface area contributed by atoms with Crippen LogP contribution >= 0.6 is 0 Å². The maximum atomic E-state index is 13.8. The summed E-state index contributed by atoms with van der Waals surface area (Å²) in [7, 11) is 0. The largest absolute Gasteiger partial charge is 0.342 e. The fraction of sp³-hybridized carbons (Fsp3) is 0.333. The minimum absolute atomic E-state index is 0.213. The van der Waals surface area contributed by atoms with Crippen molar-refractivity contribution in [3.63, 3.8) is 0 Å². The van der Waals surface area contributed by atoms with E-state index < -0.39 is 0 Å². The van der Waals surface area contributed by atoms with Crippen LogP contribution in [-0.2, 0) is 0 Å². The van der Waals surface area contributed by atoms with E-state index in [0.717, 1.165) is 53.4 Å². The van der Waals surface area contributed by atoms with Crippen molar-refractivity contribution in [1.82, 2.24) is 15.0 Å². The Bertz CT molecular complexity index is 1180. The molecule has 29 heavy (non-hydrogen) atoms. The summed E-state index contributed by atoms with van der Waals surface area (Å²) in [4.78, 5) is 12.4. The Kier molecular flexibility index (Phi) is 4.53. The van der Waals surface area contributed by atoms with Gasteiger partial charge in [0.05, 0.1) is 16.6 Å². The molecule has 1 atom stereocenters. The zero-order valence-electron chi connectivity index (χ0n) is 16.3. The Morgan fingerprint density at radius 3 is 2.45 bits per heavy atom. The highest BCUT2D eigenvalue weighted by atomic mass is 19.1. The van der Waals surface area contributed by atoms with Crippen molar-refractivity contribution in [3.05, 3.63) is 71.7 Å². The Balaban J connectivity index is 1.34. The van der Waals surface area contributed by atoms with Gasteiger partial charge in [-0.2, -0.15) is 0 Å². The van der Waals surface area contributed by atoms with Crippen LogP contribution in [0.4, 0.5) is 8.78 Å². The van der Waals surface area contributed by atoms with E-state index in [1.165, 1.54) is 23.8 Å². The highest BCUT2D eigenvalue weighted by Gasteiger charge is 2.29. The normalized spacial score (nSPS) is 20.9. The van der Waals surface area contributed by atoms with Crippen molar-refractivity contribution in [2.45, 2.75) is 44.4 Å². The number of H-pyrrole nitrogens is 1. The number of fused-ring (bicyclic) bond motifs is 2. The molecule has 0 aliphatic heterocycles. The third-order valence-corrected chi connectivity index (χ3v) is 6.55. The molecular weight excluding hydrogens is 368 g/mol. The topological polar surface area (TPSA) is 41.6 Å². The summed E-state index contributed by atoms with van der Waals surface area (Å²) in [5.41, 5.74) is 3.63. The first-order valence-corrected chi connectivity index (χ1v) is 10.3. The number of nitrogens with zero attached hydrogens (tertiary/aromatic N) is 2. The van der Waals surface area contributed by atoms with Crippen molar-refractivity contribution in [2.75, 3.05) is 0 Å². The predicted octanol–water partition coefficient (Wildman–Crippen LogP) is 6.47. The molecule has 1 N–H and O–H groups in total. The zero-order valence-corrected chi connectivity index (χ0v) is 16.3. The van der Waals surface area contributed by atoms with Gasteiger partial charge in [0.25, 0.3) is 0 Å². The minimum atomic E-state index is -0.248. The second kappa shape index (κ2) is 7.21. The van der Waals surface area contributed by atoms with Crippen LogP contribution in [0.5, 0.6) is 0 Å². The number of aromatic amines is 1. The van der Waals surface area contributed by atoms with E-state index in [1.54, 1.807) is 18.2 Å². The molecule has 0 unspecified atom stereocenters. The monoisotopic (exact) mass is 391 g/mol. The lowest BCUT2D eigenvalue weighted by Crippen LogP contribution is -2.19. The lowest BCUT2D eigenvalue weighted by molar-refractivity contribution is 0.286. The number of benzene rings is 2. The summed E-state index contributed by atoms with van der Waals surface area (Å²) in [6.07, 6.45) is 6.16. The molecule has 1 aliphatic carbocycles. The molecule has 0 saturated heterocycles. The Labute approximate surface area is 168 Å². The standard InChI is InChI=1S/C24H23F2N3/c1-14(24-28-22-9-7-18(26)13-23(22)29-24)15-2-4-16(5-3-15)19-10-11-27-21-8-6-17(25)12-20(19)21/h6-16H,2-5H2,1H3,(H,28,29)/t14-,15-,16+/m0/s1. The molecule has 1 saturated carbocycles. The third-order valence-electron chi connectivity index (χ3n) is 6.55. The van der Waals surface area contributed by atoms with E-state index in [0.29, 0.717) is 11.8 Å². The Morgan fingerprint density at radius 2 is 1.66 bits per heavy atom. The molecule has 2 aromatic carbocycles. The lowest BCUT2D eigenvalue weighted by atomic mass is 9.73. The minimum Gasteiger partial charge on any atom is -0.342 e. The number of hydrogen-bond donors (Lipinski definition) is 1. The van der Waals surface area contributed by atoms with Crippen molar-refractivity contribution in [2.24, 2.45) is 5.92 Å². The molecular formula is C24H23F2N3. The summed E-state index contributed by atoms with van der Waals surface area (Å²) >= 11 is 0. The molecule has 0 bridgehead atoms. The summed E-state index contributed by atoms with van der Waals surface area (Å²) in [5.74, 6) is 1.72. The number of nitrogens with one attached hydrogen (secondary N) is 1. The molecule has 0 amide bonds. The molecule has 148 valence electrons. The lowest BCUT2D eigenvalue weighted by Gasteiger charge is -2.32. The maximum Gasteiger partial charge on any atom is 0.125 e. The molecule has 5 heteroatoms. The van der Waals surface area contributed by atoms with E-state index in [-0.39, 0.29) is 17.6 Å². The van der Waals surface area contributed by atoms with Crippen LogP contribution in [0.2, 0.25) is 0 Å². The molecule has 1 fully saturated rings. The van der Waals surface area contributed by atoms with Gasteiger partial charge in [0.2, 0.25) is 0 Å². The smallest absolute Gasteiger partial charge is 0.125 e. The average molecular weight is 391 g/mol. The Hall–Kier alpha value is -2.82. The number of rotatable bonds is 3. The van der Waals surface area contributed by atoms with Crippen molar-refractivity contribution < 1.29 is 8.78 Å². The first-order chi connectivity index (χ1) is 14.1. The maximum absolute atomic E-state index is 13.8. The highest BCUT2D eigenvalue weighted by Crippen LogP contribution is 2.42. The van der Waals surface area contributed by atoms with Crippen molar-refractivity contribution in [3.8, 4) is 0 Å². The van der Waals surface area contributed by atoms with E-state index in [9.17, 15) is 8.78 Å². The molecule has 5 rings (SSSR count). The third kappa shape index (κ3) is 3.39. The van der Waals surface area contributed by atoms with Gasteiger partial charge in [-0.3, -0.25) is 4.98 Å². The van der Waals surface area contributed by atoms with Crippen LogP contribution in [0.3, 0.4) is 0 Å². The number of pyridine rings is 1. The average Bonchev–Trinajstić information content (AvgIpc) is 3.16. The molecule has 3 nitrogen and oxygen atoms in total. The predicted molar refractivity (Wildman–Crippen MR) is 111 cm³/mol. The van der Waals surface area contributed by atoms with Gasteiger partial charge in [-0.1, -0.05) is 6.92 Å². The van der Waals surface area contributed by atoms with Gasteiger partial charge in [0.1, 0.15) is 17.5 Å². The first-order valence-electron chi connectivity index (χ1n) is 10.3. The number of hydrogen-bond acceptors (Lipinski definition) is 2. The van der Waals surface area contributed by atoms with Crippen molar-refractivity contribution in [1.29, 1.82) is 0 Å². The highest BCUT2D eigenvalue weighted by molar-refractivity contribution is 5.82. The summed E-state index contributed by atoms with van der Waals surface area (Å²) in [6.45, 7) is 2.20. The van der Waals surface area contributed by atoms with E-state index >= 15 is 0 Å². The summed E-state index contributed by atoms with van der Waals surface area (Å²) in [5, 5.41) is 0.934. The summed E-state index contributed by atoms with van der Waals surface area (Å²) in [6, 6.07) is 11.6. The molecule has 0 radical (unpaired) electrons. The quantitative estimate of drug-likeness (QED) is 0.435. The Morgan fingerprint density at radius 1 is 0.931 bits per heavy atom. The molecule has 0 spiro atoms. The van der Waals surface area contributed by atoms with Gasteiger partial charge in [0.15, 0.2) is 0 Å². The van der Waals surface area contributed by atoms with E-state index in [4.69, 9.17) is 0 Å². The van der Waals surface area contributed by atoms with Crippen LogP contribution in [-0.4, -0.2) is 15.0 Å². The fourth-order valence-electron chi connectivity index (χ4n) is 4.87. The fourth-order valence-corrected chi connectivity index (χ4v) is 4.87. The van der Waals surface area contributed by atoms with Gasteiger partial charge in [-0.05, 0) is 85.5 Å².